The third kappa shape index (κ3) is 5.08. The van der Waals surface area contributed by atoms with Gasteiger partial charge in [0.05, 0.1) is 5.56 Å². The molecule has 0 aliphatic carbocycles. The Hall–Kier alpha value is -1.85. The van der Waals surface area contributed by atoms with Crippen molar-refractivity contribution in [3.63, 3.8) is 0 Å². The highest BCUT2D eigenvalue weighted by Gasteiger charge is 2.17. The number of hydrogen-bond donors (Lipinski definition) is 1. The number of carbonyl (C=O) groups excluding carboxylic acids is 1. The predicted molar refractivity (Wildman–Crippen MR) is 105 cm³/mol. The Morgan fingerprint density at radius 1 is 1.08 bits per heavy atom. The highest BCUT2D eigenvalue weighted by molar-refractivity contribution is 6.35. The Kier molecular flexibility index (Phi) is 6.69. The van der Waals surface area contributed by atoms with Gasteiger partial charge in [0, 0.05) is 42.1 Å². The quantitative estimate of drug-likeness (QED) is 0.815. The molecule has 0 bridgehead atoms. The molecule has 1 aromatic heterocycles. The van der Waals surface area contributed by atoms with Gasteiger partial charge in [-0.05, 0) is 37.0 Å². The molecule has 1 saturated heterocycles. The maximum atomic E-state index is 12.5. The third-order valence-corrected chi connectivity index (χ3v) is 5.07. The van der Waals surface area contributed by atoms with Crippen molar-refractivity contribution in [3.8, 4) is 0 Å². The molecule has 2 heterocycles. The average Bonchev–Trinajstić information content (AvgIpc) is 2.93. The first-order chi connectivity index (χ1) is 12.6. The van der Waals surface area contributed by atoms with E-state index in [-0.39, 0.29) is 5.91 Å². The summed E-state index contributed by atoms with van der Waals surface area (Å²) in [5, 5.41) is 4.43. The largest absolute Gasteiger partial charge is 0.354 e. The number of aromatic nitrogens is 2. The molecule has 5 nitrogen and oxygen atoms in total. The van der Waals surface area contributed by atoms with E-state index in [2.05, 4.69) is 15.3 Å². The summed E-state index contributed by atoms with van der Waals surface area (Å²) in [6.45, 7) is 2.28. The molecule has 1 aliphatic rings. The first-order valence-electron chi connectivity index (χ1n) is 8.92. The molecule has 3 rings (SSSR count). The molecule has 0 saturated carbocycles. The number of nitrogens with one attached hydrogen (secondary N) is 1. The zero-order chi connectivity index (χ0) is 18.4. The fourth-order valence-corrected chi connectivity index (χ4v) is 3.52. The molecule has 2 aromatic rings. The van der Waals surface area contributed by atoms with Crippen LogP contribution in [0.15, 0.2) is 30.6 Å². The topological polar surface area (TPSA) is 58.1 Å². The van der Waals surface area contributed by atoms with Crippen molar-refractivity contribution in [2.45, 2.75) is 32.1 Å². The Morgan fingerprint density at radius 3 is 2.42 bits per heavy atom. The van der Waals surface area contributed by atoms with E-state index < -0.39 is 0 Å². The number of halogens is 2. The van der Waals surface area contributed by atoms with Crippen molar-refractivity contribution in [2.24, 2.45) is 0 Å². The van der Waals surface area contributed by atoms with Gasteiger partial charge in [0.1, 0.15) is 0 Å². The summed E-state index contributed by atoms with van der Waals surface area (Å²) in [4.78, 5) is 23.0. The van der Waals surface area contributed by atoms with Gasteiger partial charge in [-0.15, -0.1) is 0 Å². The highest BCUT2D eigenvalue weighted by atomic mass is 35.5. The van der Waals surface area contributed by atoms with Gasteiger partial charge < -0.3 is 10.2 Å². The van der Waals surface area contributed by atoms with Gasteiger partial charge in [0.15, 0.2) is 0 Å². The van der Waals surface area contributed by atoms with Crippen LogP contribution in [0.25, 0.3) is 0 Å². The number of nitrogens with zero attached hydrogens (tertiary/aromatic N) is 3. The van der Waals surface area contributed by atoms with E-state index >= 15 is 0 Å². The van der Waals surface area contributed by atoms with Crippen molar-refractivity contribution in [3.05, 3.63) is 51.8 Å². The number of benzene rings is 1. The van der Waals surface area contributed by atoms with Gasteiger partial charge in [-0.1, -0.05) is 42.1 Å². The summed E-state index contributed by atoms with van der Waals surface area (Å²) in [6.07, 6.45) is 8.45. The molecule has 0 spiro atoms. The summed E-state index contributed by atoms with van der Waals surface area (Å²) in [7, 11) is 0. The maximum absolute atomic E-state index is 12.5. The lowest BCUT2D eigenvalue weighted by atomic mass is 10.1. The molecule has 1 amide bonds. The number of carbonyl (C=O) groups is 1. The van der Waals surface area contributed by atoms with Gasteiger partial charge in [0.2, 0.25) is 5.95 Å². The summed E-state index contributed by atoms with van der Waals surface area (Å²) in [5.74, 6) is 0.522. The van der Waals surface area contributed by atoms with Crippen LogP contribution in [-0.4, -0.2) is 40.4 Å². The minimum absolute atomic E-state index is 0.0198. The fraction of sp³-hybridized carbons (Fsp3) is 0.421. The Bertz CT molecular complexity index is 744. The number of rotatable bonds is 5. The van der Waals surface area contributed by atoms with Gasteiger partial charge in [-0.25, -0.2) is 9.97 Å². The molecular weight excluding hydrogens is 371 g/mol. The van der Waals surface area contributed by atoms with Gasteiger partial charge >= 0.3 is 0 Å². The number of anilines is 1. The third-order valence-electron chi connectivity index (χ3n) is 4.48. The summed E-state index contributed by atoms with van der Waals surface area (Å²) < 4.78 is 0. The second-order valence-electron chi connectivity index (χ2n) is 6.41. The van der Waals surface area contributed by atoms with Crippen LogP contribution in [0.5, 0.6) is 0 Å². The van der Waals surface area contributed by atoms with Crippen LogP contribution in [0, 0.1) is 0 Å². The SMILES string of the molecule is O=C(c1cnc(NCCc2ccc(Cl)cc2Cl)nc1)N1CCCCCC1. The van der Waals surface area contributed by atoms with Crippen molar-refractivity contribution in [1.29, 1.82) is 0 Å². The van der Waals surface area contributed by atoms with Gasteiger partial charge in [0.25, 0.3) is 5.91 Å². The molecule has 7 heteroatoms. The normalized spacial score (nSPS) is 14.8. The van der Waals surface area contributed by atoms with Crippen LogP contribution in [-0.2, 0) is 6.42 Å². The smallest absolute Gasteiger partial charge is 0.256 e. The highest BCUT2D eigenvalue weighted by Crippen LogP contribution is 2.21. The van der Waals surface area contributed by atoms with E-state index in [4.69, 9.17) is 23.2 Å². The second kappa shape index (κ2) is 9.19. The van der Waals surface area contributed by atoms with Crippen LogP contribution in [0.1, 0.15) is 41.6 Å². The number of amides is 1. The van der Waals surface area contributed by atoms with E-state index in [1.807, 2.05) is 17.0 Å². The van der Waals surface area contributed by atoms with E-state index in [9.17, 15) is 4.79 Å². The molecule has 26 heavy (non-hydrogen) atoms. The molecule has 0 radical (unpaired) electrons. The minimum atomic E-state index is 0.0198. The standard InChI is InChI=1S/C19H22Cl2N4O/c20-16-6-5-14(17(21)11-16)7-8-22-19-23-12-15(13-24-19)18(26)25-9-3-1-2-4-10-25/h5-6,11-13H,1-4,7-10H2,(H,22,23,24). The van der Waals surface area contributed by atoms with Gasteiger partial charge in [-0.3, -0.25) is 4.79 Å². The Balaban J connectivity index is 1.53. The lowest BCUT2D eigenvalue weighted by Gasteiger charge is -2.19. The number of likely N-dealkylation sites (tertiary alicyclic amines) is 1. The monoisotopic (exact) mass is 392 g/mol. The first kappa shape index (κ1) is 18.9. The molecule has 1 N–H and O–H groups in total. The van der Waals surface area contributed by atoms with E-state index in [0.717, 1.165) is 37.9 Å². The van der Waals surface area contributed by atoms with Crippen LogP contribution in [0.4, 0.5) is 5.95 Å². The first-order valence-corrected chi connectivity index (χ1v) is 9.68. The Morgan fingerprint density at radius 2 is 1.77 bits per heavy atom. The fourth-order valence-electron chi connectivity index (χ4n) is 3.02. The van der Waals surface area contributed by atoms with Gasteiger partial charge in [-0.2, -0.15) is 0 Å². The van der Waals surface area contributed by atoms with E-state index in [1.165, 1.54) is 12.8 Å². The van der Waals surface area contributed by atoms with Crippen LogP contribution >= 0.6 is 23.2 Å². The average molecular weight is 393 g/mol. The zero-order valence-electron chi connectivity index (χ0n) is 14.5. The molecular formula is C19H22Cl2N4O. The van der Waals surface area contributed by atoms with Crippen molar-refractivity contribution in [2.75, 3.05) is 25.0 Å². The predicted octanol–water partition coefficient (Wildman–Crippen LogP) is 4.45. The van der Waals surface area contributed by atoms with Crippen LogP contribution in [0.3, 0.4) is 0 Å². The molecule has 1 fully saturated rings. The summed E-state index contributed by atoms with van der Waals surface area (Å²) >= 11 is 12.1. The Labute approximate surface area is 163 Å². The summed E-state index contributed by atoms with van der Waals surface area (Å²) in [5.41, 5.74) is 1.55. The molecule has 1 aromatic carbocycles. The lowest BCUT2D eigenvalue weighted by Crippen LogP contribution is -2.32. The summed E-state index contributed by atoms with van der Waals surface area (Å²) in [6, 6.07) is 5.47. The van der Waals surface area contributed by atoms with E-state index in [0.29, 0.717) is 28.1 Å². The minimum Gasteiger partial charge on any atom is -0.354 e. The zero-order valence-corrected chi connectivity index (χ0v) is 16.1. The van der Waals surface area contributed by atoms with E-state index in [1.54, 1.807) is 18.5 Å². The van der Waals surface area contributed by atoms with Crippen LogP contribution < -0.4 is 5.32 Å². The van der Waals surface area contributed by atoms with Crippen molar-refractivity contribution < 1.29 is 4.79 Å². The molecule has 138 valence electrons. The molecule has 0 atom stereocenters. The van der Waals surface area contributed by atoms with Crippen LogP contribution in [0.2, 0.25) is 10.0 Å². The second-order valence-corrected chi connectivity index (χ2v) is 7.26. The van der Waals surface area contributed by atoms with Crippen molar-refractivity contribution in [1.82, 2.24) is 14.9 Å². The molecule has 0 unspecified atom stereocenters. The lowest BCUT2D eigenvalue weighted by molar-refractivity contribution is 0.0761. The number of hydrogen-bond acceptors (Lipinski definition) is 4. The maximum Gasteiger partial charge on any atom is 0.256 e. The molecule has 1 aliphatic heterocycles. The van der Waals surface area contributed by atoms with Crippen molar-refractivity contribution >= 4 is 35.1 Å².